The molecule has 1 saturated carbocycles. The van der Waals surface area contributed by atoms with Crippen molar-refractivity contribution in [1.82, 2.24) is 0 Å². The van der Waals surface area contributed by atoms with E-state index >= 15 is 0 Å². The second-order valence-electron chi connectivity index (χ2n) is 6.20. The van der Waals surface area contributed by atoms with Gasteiger partial charge in [0.25, 0.3) is 0 Å². The van der Waals surface area contributed by atoms with Crippen molar-refractivity contribution < 1.29 is 29.6 Å². The predicted octanol–water partition coefficient (Wildman–Crippen LogP) is 2.17. The number of hydrogen-bond acceptors (Lipinski definition) is 5. The molecule has 6 heteroatoms. The largest absolute Gasteiger partial charge is 0.481 e. The van der Waals surface area contributed by atoms with E-state index in [1.165, 1.54) is 13.8 Å². The highest BCUT2D eigenvalue weighted by Gasteiger charge is 2.55. The molecule has 0 spiro atoms. The fourth-order valence-corrected chi connectivity index (χ4v) is 3.60. The number of carboxylic acids is 1. The molecule has 0 heterocycles. The monoisotopic (exact) mass is 300 g/mol. The van der Waals surface area contributed by atoms with Crippen LogP contribution in [0, 0.1) is 23.7 Å². The molecule has 21 heavy (non-hydrogen) atoms. The third kappa shape index (κ3) is 3.49. The molecule has 5 atom stereocenters. The Bertz CT molecular complexity index is 407. The van der Waals surface area contributed by atoms with E-state index in [2.05, 4.69) is 4.89 Å². The molecule has 120 valence electrons. The molecule has 1 fully saturated rings. The summed E-state index contributed by atoms with van der Waals surface area (Å²) >= 11 is 0. The lowest BCUT2D eigenvalue weighted by atomic mass is 9.60. The summed E-state index contributed by atoms with van der Waals surface area (Å²) < 4.78 is 0. The number of carbonyl (C=O) groups excluding carboxylic acids is 2. The van der Waals surface area contributed by atoms with E-state index in [1.54, 1.807) is 0 Å². The number of carbonyl (C=O) groups is 3. The smallest absolute Gasteiger partial charge is 0.306 e. The summed E-state index contributed by atoms with van der Waals surface area (Å²) in [5.41, 5.74) is -1.55. The van der Waals surface area contributed by atoms with Crippen LogP contribution < -0.4 is 0 Å². The predicted molar refractivity (Wildman–Crippen MR) is 74.6 cm³/mol. The van der Waals surface area contributed by atoms with Crippen LogP contribution in [-0.4, -0.2) is 34.0 Å². The van der Waals surface area contributed by atoms with Crippen LogP contribution in [0.25, 0.3) is 0 Å². The zero-order valence-electron chi connectivity index (χ0n) is 12.7. The van der Waals surface area contributed by atoms with Crippen LogP contribution in [0.3, 0.4) is 0 Å². The number of aldehydes is 1. The van der Waals surface area contributed by atoms with Crippen molar-refractivity contribution in [3.63, 3.8) is 0 Å². The minimum absolute atomic E-state index is 0.00616. The molecule has 1 aliphatic rings. The van der Waals surface area contributed by atoms with Gasteiger partial charge in [0, 0.05) is 18.3 Å². The van der Waals surface area contributed by atoms with Gasteiger partial charge in [-0.1, -0.05) is 13.8 Å². The van der Waals surface area contributed by atoms with Crippen LogP contribution in [0.5, 0.6) is 0 Å². The van der Waals surface area contributed by atoms with Crippen molar-refractivity contribution in [2.24, 2.45) is 23.7 Å². The normalized spacial score (nSPS) is 34.2. The maximum absolute atomic E-state index is 11.7. The first-order valence-electron chi connectivity index (χ1n) is 7.31. The van der Waals surface area contributed by atoms with Gasteiger partial charge in [0.1, 0.15) is 5.78 Å². The summed E-state index contributed by atoms with van der Waals surface area (Å²) in [7, 11) is 0. The fourth-order valence-electron chi connectivity index (χ4n) is 3.60. The van der Waals surface area contributed by atoms with Gasteiger partial charge in [0.15, 0.2) is 11.9 Å². The number of carboxylic acid groups (broad SMARTS) is 1. The van der Waals surface area contributed by atoms with Crippen molar-refractivity contribution in [3.05, 3.63) is 0 Å². The van der Waals surface area contributed by atoms with E-state index in [1.807, 2.05) is 6.92 Å². The average Bonchev–Trinajstić information content (AvgIpc) is 2.44. The van der Waals surface area contributed by atoms with Crippen molar-refractivity contribution in [2.45, 2.75) is 52.1 Å². The van der Waals surface area contributed by atoms with Crippen molar-refractivity contribution >= 4 is 18.0 Å². The second kappa shape index (κ2) is 7.13. The van der Waals surface area contributed by atoms with Crippen molar-refractivity contribution in [1.29, 1.82) is 0 Å². The lowest BCUT2D eigenvalue weighted by molar-refractivity contribution is -0.347. The summed E-state index contributed by atoms with van der Waals surface area (Å²) in [5, 5.41) is 18.6. The number of rotatable bonds is 7. The molecule has 0 aromatic heterocycles. The summed E-state index contributed by atoms with van der Waals surface area (Å²) in [6.07, 6.45) is 2.44. The first kappa shape index (κ1) is 17.8. The number of ketones is 1. The van der Waals surface area contributed by atoms with E-state index < -0.39 is 23.4 Å². The van der Waals surface area contributed by atoms with Gasteiger partial charge < -0.3 is 9.90 Å². The van der Waals surface area contributed by atoms with Gasteiger partial charge in [-0.2, -0.15) is 0 Å². The zero-order chi connectivity index (χ0) is 16.2. The van der Waals surface area contributed by atoms with E-state index in [9.17, 15) is 24.7 Å². The van der Waals surface area contributed by atoms with Gasteiger partial charge in [-0.3, -0.25) is 14.8 Å². The quantitative estimate of drug-likeness (QED) is 0.424. The van der Waals surface area contributed by atoms with E-state index in [0.29, 0.717) is 19.1 Å². The van der Waals surface area contributed by atoms with Crippen LogP contribution >= 0.6 is 0 Å². The Balaban J connectivity index is 3.14. The molecular formula is C15H24O6. The van der Waals surface area contributed by atoms with Crippen molar-refractivity contribution in [3.8, 4) is 0 Å². The van der Waals surface area contributed by atoms with Gasteiger partial charge in [-0.15, -0.1) is 0 Å². The average molecular weight is 300 g/mol. The number of Topliss-reactive ketones (excluding diaryl/α,β-unsaturated/α-hetero) is 1. The zero-order valence-corrected chi connectivity index (χ0v) is 12.7. The molecule has 1 rings (SSSR count). The molecule has 2 N–H and O–H groups in total. The minimum Gasteiger partial charge on any atom is -0.481 e. The molecule has 1 aliphatic carbocycles. The molecule has 0 amide bonds. The number of hydrogen-bond donors (Lipinski definition) is 2. The Morgan fingerprint density at radius 2 is 2.05 bits per heavy atom. The second-order valence-corrected chi connectivity index (χ2v) is 6.20. The van der Waals surface area contributed by atoms with Gasteiger partial charge in [0.2, 0.25) is 0 Å². The van der Waals surface area contributed by atoms with E-state index in [-0.39, 0.29) is 24.0 Å². The van der Waals surface area contributed by atoms with Gasteiger partial charge in [-0.05, 0) is 32.1 Å². The molecule has 0 bridgehead atoms. The highest BCUT2D eigenvalue weighted by molar-refractivity contribution is 5.76. The van der Waals surface area contributed by atoms with Gasteiger partial charge in [0.05, 0.1) is 5.92 Å². The molecular weight excluding hydrogens is 276 g/mol. The number of aliphatic carboxylic acids is 1. The highest BCUT2D eigenvalue weighted by Crippen LogP contribution is 2.47. The Morgan fingerprint density at radius 3 is 2.48 bits per heavy atom. The topological polar surface area (TPSA) is 101 Å². The molecule has 6 nitrogen and oxygen atoms in total. The van der Waals surface area contributed by atoms with Crippen LogP contribution in [0.2, 0.25) is 0 Å². The molecule has 0 radical (unpaired) electrons. The Hall–Kier alpha value is -1.27. The standard InChI is InChI=1S/C15H24O6/c1-9-4-6-13(11(3)14(18)19)15(8-16,21-20)12(9)7-5-10(2)17/h8-9,11-13,20H,4-7H2,1-3H3,(H,18,19). The first-order chi connectivity index (χ1) is 9.80. The molecule has 0 saturated heterocycles. The van der Waals surface area contributed by atoms with Crippen LogP contribution in [0.4, 0.5) is 0 Å². The molecule has 0 aromatic rings. The third-order valence-electron chi connectivity index (χ3n) is 4.92. The van der Waals surface area contributed by atoms with E-state index in [0.717, 1.165) is 6.42 Å². The lowest BCUT2D eigenvalue weighted by Gasteiger charge is -2.48. The lowest BCUT2D eigenvalue weighted by Crippen LogP contribution is -2.56. The maximum atomic E-state index is 11.7. The first-order valence-corrected chi connectivity index (χ1v) is 7.31. The van der Waals surface area contributed by atoms with Crippen molar-refractivity contribution in [2.75, 3.05) is 0 Å². The molecule has 0 aromatic carbocycles. The minimum atomic E-state index is -1.55. The Morgan fingerprint density at radius 1 is 1.43 bits per heavy atom. The highest BCUT2D eigenvalue weighted by atomic mass is 17.1. The van der Waals surface area contributed by atoms with E-state index in [4.69, 9.17) is 0 Å². The van der Waals surface area contributed by atoms with Crippen LogP contribution in [0.1, 0.15) is 46.5 Å². The summed E-state index contributed by atoms with van der Waals surface area (Å²) in [4.78, 5) is 38.8. The van der Waals surface area contributed by atoms with Crippen LogP contribution in [0.15, 0.2) is 0 Å². The summed E-state index contributed by atoms with van der Waals surface area (Å²) in [6.45, 7) is 4.92. The maximum Gasteiger partial charge on any atom is 0.306 e. The third-order valence-corrected chi connectivity index (χ3v) is 4.92. The van der Waals surface area contributed by atoms with Gasteiger partial charge >= 0.3 is 5.97 Å². The van der Waals surface area contributed by atoms with Gasteiger partial charge in [-0.25, -0.2) is 4.89 Å². The molecule has 5 unspecified atom stereocenters. The molecule has 0 aliphatic heterocycles. The summed E-state index contributed by atoms with van der Waals surface area (Å²) in [5.74, 6) is -2.75. The Kier molecular flexibility index (Phi) is 6.04. The SMILES string of the molecule is CC(=O)CCC1C(C)CCC(C(C)C(=O)O)C1(C=O)OO. The van der Waals surface area contributed by atoms with Crippen LogP contribution in [-0.2, 0) is 19.3 Å². The fraction of sp³-hybridized carbons (Fsp3) is 0.800. The Labute approximate surface area is 124 Å². The summed E-state index contributed by atoms with van der Waals surface area (Å²) in [6, 6.07) is 0.